The third-order valence-corrected chi connectivity index (χ3v) is 7.00. The van der Waals surface area contributed by atoms with Crippen molar-refractivity contribution in [2.45, 2.75) is 52.2 Å². The predicted molar refractivity (Wildman–Crippen MR) is 147 cm³/mol. The first-order valence-electron chi connectivity index (χ1n) is 13.2. The average molecular weight is 539 g/mol. The topological polar surface area (TPSA) is 113 Å². The lowest BCUT2D eigenvalue weighted by Crippen LogP contribution is -2.47. The second-order valence-electron chi connectivity index (χ2n) is 10.0. The molecule has 1 fully saturated rings. The lowest BCUT2D eigenvalue weighted by Gasteiger charge is -2.32. The van der Waals surface area contributed by atoms with E-state index in [1.54, 1.807) is 9.47 Å². The summed E-state index contributed by atoms with van der Waals surface area (Å²) in [6.07, 6.45) is 1.59. The number of nitrogens with one attached hydrogen (secondary N) is 2. The van der Waals surface area contributed by atoms with E-state index in [-0.39, 0.29) is 29.9 Å². The largest absolute Gasteiger partial charge is 0.488 e. The summed E-state index contributed by atoms with van der Waals surface area (Å²) in [5, 5.41) is 15.8. The van der Waals surface area contributed by atoms with Gasteiger partial charge < -0.3 is 29.9 Å². The van der Waals surface area contributed by atoms with Gasteiger partial charge in [-0.25, -0.2) is 4.39 Å². The zero-order valence-corrected chi connectivity index (χ0v) is 22.7. The number of aryl methyl sites for hydroxylation is 2. The molecule has 3 N–H and O–H groups in total. The summed E-state index contributed by atoms with van der Waals surface area (Å²) in [6.45, 7) is 6.15. The minimum absolute atomic E-state index is 0.123. The molecule has 1 aliphatic heterocycles. The number of ether oxygens (including phenoxy) is 1. The van der Waals surface area contributed by atoms with Gasteiger partial charge in [0.15, 0.2) is 11.4 Å². The third-order valence-electron chi connectivity index (χ3n) is 7.00. The maximum absolute atomic E-state index is 13.6. The zero-order valence-electron chi connectivity index (χ0n) is 22.7. The predicted octanol–water partition coefficient (Wildman–Crippen LogP) is 3.63. The monoisotopic (exact) mass is 538 g/mol. The molecule has 2 aromatic carbocycles. The van der Waals surface area contributed by atoms with Crippen LogP contribution in [-0.2, 0) is 18.3 Å². The number of benzene rings is 2. The van der Waals surface area contributed by atoms with Crippen molar-refractivity contribution in [1.82, 2.24) is 14.8 Å². The molecule has 0 unspecified atom stereocenters. The van der Waals surface area contributed by atoms with Crippen LogP contribution in [0.5, 0.6) is 5.75 Å². The Bertz CT molecular complexity index is 1370. The SMILES string of the molecule is CCc1cc2c(cc1NC(=O)c1ccc(F)cc1)c(OC(C)C)c(C(=O)NC1CCN(C(=O)CO)CC1)n2C. The van der Waals surface area contributed by atoms with Crippen LogP contribution in [0.2, 0.25) is 0 Å². The number of likely N-dealkylation sites (tertiary alicyclic amines) is 1. The lowest BCUT2D eigenvalue weighted by atomic mass is 10.0. The van der Waals surface area contributed by atoms with Crippen LogP contribution < -0.4 is 15.4 Å². The number of rotatable bonds is 8. The fraction of sp³-hybridized carbons (Fsp3) is 0.414. The first kappa shape index (κ1) is 28.1. The Kier molecular flexibility index (Phi) is 8.54. The van der Waals surface area contributed by atoms with Crippen LogP contribution in [0.1, 0.15) is 60.0 Å². The van der Waals surface area contributed by atoms with E-state index in [0.29, 0.717) is 60.4 Å². The van der Waals surface area contributed by atoms with Crippen molar-refractivity contribution in [3.05, 3.63) is 59.0 Å². The number of hydrogen-bond donors (Lipinski definition) is 3. The second-order valence-corrected chi connectivity index (χ2v) is 10.0. The van der Waals surface area contributed by atoms with E-state index < -0.39 is 12.4 Å². The van der Waals surface area contributed by atoms with Crippen molar-refractivity contribution in [2.24, 2.45) is 7.05 Å². The summed E-state index contributed by atoms with van der Waals surface area (Å²) in [5.74, 6) is -0.957. The number of fused-ring (bicyclic) bond motifs is 1. The highest BCUT2D eigenvalue weighted by Crippen LogP contribution is 2.37. The smallest absolute Gasteiger partial charge is 0.272 e. The molecule has 39 heavy (non-hydrogen) atoms. The van der Waals surface area contributed by atoms with E-state index >= 15 is 0 Å². The van der Waals surface area contributed by atoms with E-state index in [4.69, 9.17) is 9.84 Å². The van der Waals surface area contributed by atoms with Gasteiger partial charge in [-0.05, 0) is 75.1 Å². The highest BCUT2D eigenvalue weighted by Gasteiger charge is 2.29. The minimum Gasteiger partial charge on any atom is -0.488 e. The number of hydrogen-bond acceptors (Lipinski definition) is 5. The van der Waals surface area contributed by atoms with Crippen LogP contribution in [-0.4, -0.2) is 64.1 Å². The molecule has 3 amide bonds. The van der Waals surface area contributed by atoms with Crippen LogP contribution in [0.25, 0.3) is 10.9 Å². The number of aliphatic hydroxyl groups excluding tert-OH is 1. The Morgan fingerprint density at radius 2 is 1.77 bits per heavy atom. The van der Waals surface area contributed by atoms with Crippen molar-refractivity contribution >= 4 is 34.3 Å². The van der Waals surface area contributed by atoms with Gasteiger partial charge in [-0.3, -0.25) is 14.4 Å². The molecule has 0 radical (unpaired) electrons. The summed E-state index contributed by atoms with van der Waals surface area (Å²) in [6, 6.07) is 8.98. The molecular weight excluding hydrogens is 503 g/mol. The molecule has 0 atom stereocenters. The van der Waals surface area contributed by atoms with E-state index in [1.807, 2.05) is 40.0 Å². The van der Waals surface area contributed by atoms with Gasteiger partial charge in [0.25, 0.3) is 11.8 Å². The van der Waals surface area contributed by atoms with Crippen LogP contribution in [0.4, 0.5) is 10.1 Å². The summed E-state index contributed by atoms with van der Waals surface area (Å²) in [4.78, 5) is 39.9. The van der Waals surface area contributed by atoms with Gasteiger partial charge >= 0.3 is 0 Å². The molecule has 4 rings (SSSR count). The van der Waals surface area contributed by atoms with Crippen molar-refractivity contribution in [2.75, 3.05) is 25.0 Å². The van der Waals surface area contributed by atoms with Crippen LogP contribution in [0.3, 0.4) is 0 Å². The maximum Gasteiger partial charge on any atom is 0.272 e. The van der Waals surface area contributed by atoms with E-state index in [2.05, 4.69) is 10.6 Å². The molecular formula is C29H35FN4O5. The summed E-state index contributed by atoms with van der Waals surface area (Å²) in [5.41, 5.74) is 2.96. The molecule has 10 heteroatoms. The molecule has 9 nitrogen and oxygen atoms in total. The fourth-order valence-electron chi connectivity index (χ4n) is 4.93. The number of amides is 3. The van der Waals surface area contributed by atoms with Gasteiger partial charge in [0, 0.05) is 42.8 Å². The molecule has 1 aromatic heterocycles. The number of aromatic nitrogens is 1. The standard InChI is InChI=1S/C29H35FN4O5/c1-5-18-14-24-22(15-23(18)32-28(37)19-6-8-20(30)9-7-19)27(39-17(2)3)26(33(24)4)29(38)31-21-10-12-34(13-11-21)25(36)16-35/h6-9,14-15,17,21,35H,5,10-13,16H2,1-4H3,(H,31,38)(H,32,37). The van der Waals surface area contributed by atoms with Gasteiger partial charge in [-0.2, -0.15) is 0 Å². The quantitative estimate of drug-likeness (QED) is 0.406. The lowest BCUT2D eigenvalue weighted by molar-refractivity contribution is -0.135. The van der Waals surface area contributed by atoms with Gasteiger partial charge in [0.1, 0.15) is 12.4 Å². The van der Waals surface area contributed by atoms with Gasteiger partial charge in [0.2, 0.25) is 5.91 Å². The Morgan fingerprint density at radius 3 is 2.36 bits per heavy atom. The number of carbonyl (C=O) groups is 3. The first-order chi connectivity index (χ1) is 18.6. The Labute approximate surface area is 226 Å². The number of halogens is 1. The summed E-state index contributed by atoms with van der Waals surface area (Å²) < 4.78 is 21.3. The molecule has 2 heterocycles. The molecule has 3 aromatic rings. The van der Waals surface area contributed by atoms with Gasteiger partial charge in [-0.15, -0.1) is 0 Å². The van der Waals surface area contributed by atoms with E-state index in [0.717, 1.165) is 11.1 Å². The molecule has 208 valence electrons. The van der Waals surface area contributed by atoms with Crippen molar-refractivity contribution in [3.8, 4) is 5.75 Å². The maximum atomic E-state index is 13.6. The average Bonchev–Trinajstić information content (AvgIpc) is 3.18. The number of anilines is 1. The second kappa shape index (κ2) is 11.9. The minimum atomic E-state index is -0.519. The van der Waals surface area contributed by atoms with Crippen LogP contribution >= 0.6 is 0 Å². The first-order valence-corrected chi connectivity index (χ1v) is 13.2. The van der Waals surface area contributed by atoms with E-state index in [1.165, 1.54) is 24.3 Å². The Balaban J connectivity index is 1.66. The number of aliphatic hydroxyl groups is 1. The van der Waals surface area contributed by atoms with Crippen LogP contribution in [0.15, 0.2) is 36.4 Å². The van der Waals surface area contributed by atoms with E-state index in [9.17, 15) is 18.8 Å². The van der Waals surface area contributed by atoms with Crippen molar-refractivity contribution < 1.29 is 28.6 Å². The fourth-order valence-corrected chi connectivity index (χ4v) is 4.93. The molecule has 0 spiro atoms. The zero-order chi connectivity index (χ0) is 28.3. The van der Waals surface area contributed by atoms with Gasteiger partial charge in [0.05, 0.1) is 11.6 Å². The highest BCUT2D eigenvalue weighted by molar-refractivity contribution is 6.08. The van der Waals surface area contributed by atoms with Crippen molar-refractivity contribution in [1.29, 1.82) is 0 Å². The number of nitrogens with zero attached hydrogens (tertiary/aromatic N) is 2. The molecule has 0 bridgehead atoms. The molecule has 0 saturated carbocycles. The number of piperidine rings is 1. The molecule has 0 aliphatic carbocycles. The molecule has 1 saturated heterocycles. The molecule has 1 aliphatic rings. The Hall–Kier alpha value is -3.92. The van der Waals surface area contributed by atoms with Crippen molar-refractivity contribution in [3.63, 3.8) is 0 Å². The Morgan fingerprint density at radius 1 is 1.10 bits per heavy atom. The van der Waals surface area contributed by atoms with Crippen LogP contribution in [0, 0.1) is 5.82 Å². The summed E-state index contributed by atoms with van der Waals surface area (Å²) >= 11 is 0. The van der Waals surface area contributed by atoms with Gasteiger partial charge in [-0.1, -0.05) is 6.92 Å². The summed E-state index contributed by atoms with van der Waals surface area (Å²) in [7, 11) is 1.81. The third kappa shape index (κ3) is 6.06. The normalized spacial score (nSPS) is 14.1. The number of carbonyl (C=O) groups excluding carboxylic acids is 3. The highest BCUT2D eigenvalue weighted by atomic mass is 19.1.